The summed E-state index contributed by atoms with van der Waals surface area (Å²) in [6, 6.07) is 16.7. The summed E-state index contributed by atoms with van der Waals surface area (Å²) in [6.45, 7) is 10.7. The molecule has 2 aliphatic rings. The van der Waals surface area contributed by atoms with Gasteiger partial charge in [0.2, 0.25) is 11.4 Å². The second kappa shape index (κ2) is 10.9. The molecule has 4 nitrogen and oxygen atoms in total. The van der Waals surface area contributed by atoms with Gasteiger partial charge in [-0.25, -0.2) is 4.39 Å². The molecule has 4 heterocycles. The first kappa shape index (κ1) is 31.3. The molecule has 1 aliphatic carbocycles. The van der Waals surface area contributed by atoms with E-state index in [9.17, 15) is 13.2 Å². The largest absolute Gasteiger partial charge is 0.435 e. The first-order valence-corrected chi connectivity index (χ1v) is 16.6. The Morgan fingerprint density at radius 2 is 1.70 bits per heavy atom. The van der Waals surface area contributed by atoms with Crippen LogP contribution in [0.4, 0.5) is 17.6 Å². The van der Waals surface area contributed by atoms with Crippen LogP contribution in [0.5, 0.6) is 0 Å². The third-order valence-corrected chi connectivity index (χ3v) is 10.7. The lowest BCUT2D eigenvalue weighted by Gasteiger charge is -2.35. The van der Waals surface area contributed by atoms with Gasteiger partial charge in [0.15, 0.2) is 18.1 Å². The molecule has 8 heteroatoms. The van der Waals surface area contributed by atoms with Crippen molar-refractivity contribution in [2.75, 3.05) is 0 Å². The van der Waals surface area contributed by atoms with E-state index in [1.165, 1.54) is 15.6 Å². The Kier molecular flexibility index (Phi) is 7.23. The van der Waals surface area contributed by atoms with Crippen molar-refractivity contribution < 1.29 is 26.7 Å². The van der Waals surface area contributed by atoms with Gasteiger partial charge in [0, 0.05) is 61.2 Å². The molecule has 1 aliphatic heterocycles. The molecular weight excluding hydrogens is 600 g/mol. The minimum atomic E-state index is -4.57. The predicted octanol–water partition coefficient (Wildman–Crippen LogP) is 9.15. The third kappa shape index (κ3) is 4.43. The summed E-state index contributed by atoms with van der Waals surface area (Å²) in [7, 11) is 1.54. The maximum absolute atomic E-state index is 16.2. The van der Waals surface area contributed by atoms with Crippen molar-refractivity contribution >= 4 is 22.5 Å². The van der Waals surface area contributed by atoms with Crippen molar-refractivity contribution in [1.29, 1.82) is 0 Å². The van der Waals surface area contributed by atoms with Crippen molar-refractivity contribution in [2.45, 2.75) is 83.9 Å². The molecule has 47 heavy (non-hydrogen) atoms. The fourth-order valence-electron chi connectivity index (χ4n) is 8.23. The third-order valence-electron chi connectivity index (χ3n) is 10.7. The fraction of sp³-hybridized carbons (Fsp3) is 0.359. The summed E-state index contributed by atoms with van der Waals surface area (Å²) >= 11 is 0. The molecule has 0 bridgehead atoms. The number of benzene rings is 2. The zero-order valence-electron chi connectivity index (χ0n) is 27.8. The highest BCUT2D eigenvalue weighted by Gasteiger charge is 2.54. The zero-order chi connectivity index (χ0) is 33.5. The monoisotopic (exact) mass is 640 g/mol. The molecule has 5 aromatic rings. The van der Waals surface area contributed by atoms with Gasteiger partial charge in [-0.1, -0.05) is 59.2 Å². The number of aromatic nitrogens is 4. The lowest BCUT2D eigenvalue weighted by atomic mass is 9.68. The van der Waals surface area contributed by atoms with Crippen LogP contribution in [-0.2, 0) is 30.6 Å². The lowest BCUT2D eigenvalue weighted by molar-refractivity contribution is -0.761. The molecule has 0 radical (unpaired) electrons. The van der Waals surface area contributed by atoms with Gasteiger partial charge in [-0.15, -0.1) is 0 Å². The van der Waals surface area contributed by atoms with E-state index in [-0.39, 0.29) is 5.82 Å². The van der Waals surface area contributed by atoms with Crippen LogP contribution in [0, 0.1) is 5.82 Å². The number of pyridine rings is 2. The van der Waals surface area contributed by atoms with Crippen LogP contribution in [0.1, 0.15) is 88.2 Å². The minimum absolute atomic E-state index is 0.240. The molecule has 2 aromatic carbocycles. The van der Waals surface area contributed by atoms with Crippen molar-refractivity contribution in [2.24, 2.45) is 7.05 Å². The number of rotatable bonds is 7. The number of alkyl halides is 3. The van der Waals surface area contributed by atoms with E-state index in [0.717, 1.165) is 58.8 Å². The molecule has 0 spiro atoms. The Hall–Kier alpha value is -4.33. The number of nitrogens with zero attached hydrogens (tertiary/aromatic N) is 4. The normalized spacial score (nSPS) is 15.9. The average molecular weight is 641 g/mol. The highest BCUT2D eigenvalue weighted by atomic mass is 19.4. The molecule has 0 atom stereocenters. The molecule has 3 aromatic heterocycles. The number of halogens is 4. The maximum Gasteiger partial charge on any atom is 0.435 e. The standard InChI is InChI=1S/C39H40F4N4/c1-7-10-13-24-15-17-27-34-26(24)19-21-47-36(34)33-25(16-18-28(40)35(33)37(27,4)5)22-32(38(47,8-2)9-3)46-20-12-11-14-29(46)30-23-31(39(41,42)43)44-45(30)6/h11-12,14-23H,7-10,13H2,1-6H3/q+2. The average Bonchev–Trinajstić information content (AvgIpc) is 3.40. The van der Waals surface area contributed by atoms with Crippen LogP contribution in [0.15, 0.2) is 67.0 Å². The van der Waals surface area contributed by atoms with Crippen LogP contribution in [0.25, 0.3) is 45.2 Å². The quantitative estimate of drug-likeness (QED) is 0.129. The Balaban J connectivity index is 1.61. The van der Waals surface area contributed by atoms with Gasteiger partial charge < -0.3 is 0 Å². The number of hydrogen-bond donors (Lipinski definition) is 0. The fourth-order valence-corrected chi connectivity index (χ4v) is 8.23. The highest BCUT2D eigenvalue weighted by Crippen LogP contribution is 2.53. The van der Waals surface area contributed by atoms with Gasteiger partial charge in [-0.3, -0.25) is 4.68 Å². The first-order chi connectivity index (χ1) is 22.4. The maximum atomic E-state index is 16.2. The van der Waals surface area contributed by atoms with Gasteiger partial charge >= 0.3 is 6.18 Å². The highest BCUT2D eigenvalue weighted by molar-refractivity contribution is 6.04. The van der Waals surface area contributed by atoms with Crippen LogP contribution in [-0.4, -0.2) is 9.78 Å². The van der Waals surface area contributed by atoms with Gasteiger partial charge in [-0.2, -0.15) is 27.4 Å². The van der Waals surface area contributed by atoms with E-state index in [0.29, 0.717) is 29.8 Å². The lowest BCUT2D eigenvalue weighted by Crippen LogP contribution is -2.62. The van der Waals surface area contributed by atoms with Crippen molar-refractivity contribution in [1.82, 2.24) is 9.78 Å². The van der Waals surface area contributed by atoms with Crippen LogP contribution in [0.2, 0.25) is 0 Å². The van der Waals surface area contributed by atoms with Crippen molar-refractivity contribution in [3.05, 3.63) is 101 Å². The van der Waals surface area contributed by atoms with Crippen LogP contribution < -0.4 is 9.13 Å². The molecule has 0 unspecified atom stereocenters. The Morgan fingerprint density at radius 3 is 2.38 bits per heavy atom. The Labute approximate surface area is 273 Å². The molecule has 0 saturated heterocycles. The van der Waals surface area contributed by atoms with E-state index in [4.69, 9.17) is 0 Å². The zero-order valence-corrected chi connectivity index (χ0v) is 27.8. The summed E-state index contributed by atoms with van der Waals surface area (Å²) in [4.78, 5) is 0. The Bertz CT molecular complexity index is 2100. The molecule has 0 N–H and O–H groups in total. The smallest absolute Gasteiger partial charge is 0.261 e. The molecule has 0 saturated carbocycles. The number of unbranched alkanes of at least 4 members (excludes halogenated alkanes) is 1. The molecule has 7 rings (SSSR count). The first-order valence-electron chi connectivity index (χ1n) is 16.6. The van der Waals surface area contributed by atoms with E-state index < -0.39 is 22.8 Å². The summed E-state index contributed by atoms with van der Waals surface area (Å²) in [5.74, 6) is -0.240. The molecule has 0 amide bonds. The van der Waals surface area contributed by atoms with Crippen molar-refractivity contribution in [3.63, 3.8) is 0 Å². The number of hydrogen-bond acceptors (Lipinski definition) is 1. The minimum Gasteiger partial charge on any atom is -0.261 e. The van der Waals surface area contributed by atoms with E-state index in [1.54, 1.807) is 13.1 Å². The van der Waals surface area contributed by atoms with E-state index >= 15 is 4.39 Å². The number of aryl methyl sites for hydroxylation is 2. The molecule has 0 fully saturated rings. The van der Waals surface area contributed by atoms with E-state index in [1.807, 2.05) is 35.0 Å². The van der Waals surface area contributed by atoms with Gasteiger partial charge in [0.05, 0.1) is 10.9 Å². The molecule has 242 valence electrons. The van der Waals surface area contributed by atoms with Crippen molar-refractivity contribution in [3.8, 4) is 22.6 Å². The second-order valence-corrected chi connectivity index (χ2v) is 13.5. The summed E-state index contributed by atoms with van der Waals surface area (Å²) < 4.78 is 63.3. The van der Waals surface area contributed by atoms with Crippen LogP contribution >= 0.6 is 0 Å². The SMILES string of the molecule is CCCCc1ccc2c3c4[n+](ccc13)C(CC)(CC)C([n+]1ccccc1-c1cc(C(F)(F)F)nn1C)=Cc1ccc(F)c(c1-4)C2(C)C. The van der Waals surface area contributed by atoms with Crippen LogP contribution in [0.3, 0.4) is 0 Å². The van der Waals surface area contributed by atoms with Gasteiger partial charge in [0.25, 0.3) is 11.2 Å². The molecular formula is C39H40F4N4+2. The van der Waals surface area contributed by atoms with Gasteiger partial charge in [-0.05, 0) is 47.1 Å². The van der Waals surface area contributed by atoms with E-state index in [2.05, 4.69) is 74.8 Å². The van der Waals surface area contributed by atoms with Gasteiger partial charge in [0.1, 0.15) is 11.5 Å². The summed E-state index contributed by atoms with van der Waals surface area (Å²) in [5, 5.41) is 6.19. The summed E-state index contributed by atoms with van der Waals surface area (Å²) in [5.41, 5.74) is 5.52. The predicted molar refractivity (Wildman–Crippen MR) is 177 cm³/mol. The topological polar surface area (TPSA) is 25.6 Å². The second-order valence-electron chi connectivity index (χ2n) is 13.5. The number of allylic oxidation sites excluding steroid dienone is 1. The summed E-state index contributed by atoms with van der Waals surface area (Å²) in [6.07, 6.45) is 6.16. The Morgan fingerprint density at radius 1 is 0.936 bits per heavy atom.